The summed E-state index contributed by atoms with van der Waals surface area (Å²) in [5, 5.41) is 3.35. The smallest absolute Gasteiger partial charge is 0.123 e. The lowest BCUT2D eigenvalue weighted by atomic mass is 9.85. The minimum Gasteiger partial charge on any atom is -0.377 e. The Labute approximate surface area is 101 Å². The van der Waals surface area contributed by atoms with Crippen LogP contribution in [0.1, 0.15) is 5.56 Å². The van der Waals surface area contributed by atoms with E-state index in [1.165, 1.54) is 17.7 Å². The van der Waals surface area contributed by atoms with Crippen LogP contribution in [0.15, 0.2) is 24.3 Å². The molecule has 1 N–H and O–H groups in total. The van der Waals surface area contributed by atoms with Crippen molar-refractivity contribution in [2.75, 3.05) is 39.4 Å². The Bertz CT molecular complexity index is 383. The van der Waals surface area contributed by atoms with Crippen molar-refractivity contribution in [3.05, 3.63) is 35.6 Å². The summed E-state index contributed by atoms with van der Waals surface area (Å²) < 4.78 is 18.4. The Morgan fingerprint density at radius 2 is 1.76 bits per heavy atom. The molecule has 2 saturated heterocycles. The van der Waals surface area contributed by atoms with Gasteiger partial charge in [-0.3, -0.25) is 4.90 Å². The molecule has 1 aromatic rings. The molecular weight excluding hydrogens is 219 g/mol. The molecule has 0 bridgehead atoms. The monoisotopic (exact) mass is 236 g/mol. The maximum Gasteiger partial charge on any atom is 0.123 e. The molecule has 3 rings (SSSR count). The first-order valence-electron chi connectivity index (χ1n) is 6.11. The third kappa shape index (κ3) is 1.86. The van der Waals surface area contributed by atoms with Crippen LogP contribution in [0.4, 0.5) is 4.39 Å². The minimum absolute atomic E-state index is 0.0181. The zero-order valence-corrected chi connectivity index (χ0v) is 9.79. The first-order chi connectivity index (χ1) is 8.31. The van der Waals surface area contributed by atoms with Gasteiger partial charge in [-0.25, -0.2) is 4.39 Å². The summed E-state index contributed by atoms with van der Waals surface area (Å²) in [7, 11) is 0. The highest BCUT2D eigenvalue weighted by atomic mass is 19.1. The van der Waals surface area contributed by atoms with Crippen molar-refractivity contribution in [3.63, 3.8) is 0 Å². The summed E-state index contributed by atoms with van der Waals surface area (Å²) in [5.74, 6) is -0.176. The Morgan fingerprint density at radius 1 is 1.12 bits per heavy atom. The first kappa shape index (κ1) is 11.1. The summed E-state index contributed by atoms with van der Waals surface area (Å²) in [5.41, 5.74) is 1.16. The van der Waals surface area contributed by atoms with Crippen LogP contribution in [0.25, 0.3) is 0 Å². The minimum atomic E-state index is -0.176. The number of nitrogens with zero attached hydrogens (tertiary/aromatic N) is 1. The Hall–Kier alpha value is -0.970. The largest absolute Gasteiger partial charge is 0.377 e. The Kier molecular flexibility index (Phi) is 2.86. The predicted molar refractivity (Wildman–Crippen MR) is 63.3 cm³/mol. The molecule has 0 amide bonds. The first-order valence-corrected chi connectivity index (χ1v) is 6.11. The summed E-state index contributed by atoms with van der Waals surface area (Å²) >= 11 is 0. The van der Waals surface area contributed by atoms with Crippen LogP contribution in [0.3, 0.4) is 0 Å². The summed E-state index contributed by atoms with van der Waals surface area (Å²) in [6, 6.07) is 6.86. The molecule has 0 atom stereocenters. The number of hydrogen-bond donors (Lipinski definition) is 1. The Morgan fingerprint density at radius 3 is 2.29 bits per heavy atom. The van der Waals surface area contributed by atoms with Gasteiger partial charge in [0.1, 0.15) is 5.82 Å². The number of benzene rings is 1. The number of hydrogen-bond acceptors (Lipinski definition) is 3. The highest BCUT2D eigenvalue weighted by Crippen LogP contribution is 2.36. The second kappa shape index (κ2) is 4.37. The van der Waals surface area contributed by atoms with Crippen LogP contribution >= 0.6 is 0 Å². The van der Waals surface area contributed by atoms with Crippen LogP contribution in [0.5, 0.6) is 0 Å². The van der Waals surface area contributed by atoms with E-state index in [2.05, 4.69) is 10.2 Å². The van der Waals surface area contributed by atoms with Gasteiger partial charge in [-0.05, 0) is 17.7 Å². The van der Waals surface area contributed by atoms with Gasteiger partial charge in [0, 0.05) is 26.2 Å². The molecule has 2 aliphatic heterocycles. The third-order valence-corrected chi connectivity index (χ3v) is 3.79. The van der Waals surface area contributed by atoms with E-state index >= 15 is 0 Å². The van der Waals surface area contributed by atoms with Gasteiger partial charge >= 0.3 is 0 Å². The standard InChI is InChI=1S/C13H17FN2O/c14-12-3-1-11(2-4-12)13(9-17-10-13)16-7-5-15-6-8-16/h1-4,15H,5-10H2. The molecule has 0 radical (unpaired) electrons. The van der Waals surface area contributed by atoms with Crippen molar-refractivity contribution in [1.82, 2.24) is 10.2 Å². The molecule has 17 heavy (non-hydrogen) atoms. The summed E-state index contributed by atoms with van der Waals surface area (Å²) in [6.45, 7) is 5.53. The number of piperazine rings is 1. The third-order valence-electron chi connectivity index (χ3n) is 3.79. The van der Waals surface area contributed by atoms with E-state index in [1.807, 2.05) is 12.1 Å². The van der Waals surface area contributed by atoms with Crippen LogP contribution < -0.4 is 5.32 Å². The molecule has 4 heteroatoms. The fourth-order valence-electron chi connectivity index (χ4n) is 2.68. The van der Waals surface area contributed by atoms with Crippen molar-refractivity contribution >= 4 is 0 Å². The summed E-state index contributed by atoms with van der Waals surface area (Å²) in [6.07, 6.45) is 0. The van der Waals surface area contributed by atoms with Gasteiger partial charge in [0.2, 0.25) is 0 Å². The molecule has 92 valence electrons. The molecule has 0 aliphatic carbocycles. The van der Waals surface area contributed by atoms with Crippen molar-refractivity contribution < 1.29 is 9.13 Å². The molecular formula is C13H17FN2O. The highest BCUT2D eigenvalue weighted by Gasteiger charge is 2.45. The van der Waals surface area contributed by atoms with Crippen LogP contribution in [0.2, 0.25) is 0 Å². The van der Waals surface area contributed by atoms with Crippen molar-refractivity contribution in [1.29, 1.82) is 0 Å². The van der Waals surface area contributed by atoms with Gasteiger partial charge in [-0.15, -0.1) is 0 Å². The number of halogens is 1. The molecule has 0 aromatic heterocycles. The molecule has 0 spiro atoms. The second-order valence-electron chi connectivity index (χ2n) is 4.77. The van der Waals surface area contributed by atoms with Gasteiger partial charge in [0.25, 0.3) is 0 Å². The van der Waals surface area contributed by atoms with E-state index < -0.39 is 0 Å². The predicted octanol–water partition coefficient (Wildman–Crippen LogP) is 0.956. The van der Waals surface area contributed by atoms with Gasteiger partial charge < -0.3 is 10.1 Å². The van der Waals surface area contributed by atoms with Crippen LogP contribution in [-0.2, 0) is 10.3 Å². The van der Waals surface area contributed by atoms with Gasteiger partial charge in [-0.1, -0.05) is 12.1 Å². The molecule has 1 aromatic carbocycles. The average molecular weight is 236 g/mol. The second-order valence-corrected chi connectivity index (χ2v) is 4.77. The topological polar surface area (TPSA) is 24.5 Å². The number of ether oxygens (including phenoxy) is 1. The van der Waals surface area contributed by atoms with E-state index in [9.17, 15) is 4.39 Å². The lowest BCUT2D eigenvalue weighted by molar-refractivity contribution is -0.149. The average Bonchev–Trinajstić information content (AvgIpc) is 2.32. The van der Waals surface area contributed by atoms with Crippen LogP contribution in [-0.4, -0.2) is 44.3 Å². The van der Waals surface area contributed by atoms with Crippen molar-refractivity contribution in [3.8, 4) is 0 Å². The van der Waals surface area contributed by atoms with E-state index in [4.69, 9.17) is 4.74 Å². The normalized spacial score (nSPS) is 24.3. The SMILES string of the molecule is Fc1ccc(C2(N3CCNCC3)COC2)cc1. The molecule has 3 nitrogen and oxygen atoms in total. The van der Waals surface area contributed by atoms with Gasteiger partial charge in [-0.2, -0.15) is 0 Å². The zero-order valence-electron chi connectivity index (χ0n) is 9.79. The van der Waals surface area contributed by atoms with Gasteiger partial charge in [0.15, 0.2) is 0 Å². The quantitative estimate of drug-likeness (QED) is 0.827. The summed E-state index contributed by atoms with van der Waals surface area (Å²) in [4.78, 5) is 2.46. The van der Waals surface area contributed by atoms with Gasteiger partial charge in [0.05, 0.1) is 18.8 Å². The van der Waals surface area contributed by atoms with E-state index in [0.29, 0.717) is 0 Å². The molecule has 0 saturated carbocycles. The van der Waals surface area contributed by atoms with Crippen molar-refractivity contribution in [2.45, 2.75) is 5.54 Å². The maximum atomic E-state index is 13.0. The van der Waals surface area contributed by atoms with E-state index in [0.717, 1.165) is 39.4 Å². The molecule has 2 fully saturated rings. The zero-order chi connectivity index (χ0) is 11.7. The fraction of sp³-hybridized carbons (Fsp3) is 0.538. The number of nitrogens with one attached hydrogen (secondary N) is 1. The molecule has 2 aliphatic rings. The number of rotatable bonds is 2. The lowest BCUT2D eigenvalue weighted by Gasteiger charge is -2.51. The maximum absolute atomic E-state index is 13.0. The van der Waals surface area contributed by atoms with Crippen molar-refractivity contribution in [2.24, 2.45) is 0 Å². The van der Waals surface area contributed by atoms with E-state index in [-0.39, 0.29) is 11.4 Å². The lowest BCUT2D eigenvalue weighted by Crippen LogP contribution is -2.63. The molecule has 0 unspecified atom stereocenters. The highest BCUT2D eigenvalue weighted by molar-refractivity contribution is 5.28. The fourth-order valence-corrected chi connectivity index (χ4v) is 2.68. The van der Waals surface area contributed by atoms with E-state index in [1.54, 1.807) is 0 Å². The molecule has 2 heterocycles. The van der Waals surface area contributed by atoms with Crippen LogP contribution in [0, 0.1) is 5.82 Å². The Balaban J connectivity index is 1.87.